The van der Waals surface area contributed by atoms with E-state index in [9.17, 15) is 4.79 Å². The van der Waals surface area contributed by atoms with Crippen molar-refractivity contribution in [2.45, 2.75) is 31.1 Å². The predicted molar refractivity (Wildman–Crippen MR) is 48.1 cm³/mol. The fourth-order valence-corrected chi connectivity index (χ4v) is 2.32. The maximum Gasteiger partial charge on any atom is 0.223 e. The van der Waals surface area contributed by atoms with Crippen molar-refractivity contribution in [2.24, 2.45) is 0 Å². The topological polar surface area (TPSA) is 20.3 Å². The Labute approximate surface area is 74.1 Å². The lowest BCUT2D eigenvalue weighted by Crippen LogP contribution is -2.40. The Morgan fingerprint density at radius 3 is 2.64 bits per heavy atom. The van der Waals surface area contributed by atoms with E-state index in [4.69, 9.17) is 11.6 Å². The third-order valence-corrected chi connectivity index (χ3v) is 4.67. The number of alkyl halides is 1. The Kier molecular flexibility index (Phi) is 2.95. The summed E-state index contributed by atoms with van der Waals surface area (Å²) >= 11 is 6.07. The second kappa shape index (κ2) is 3.58. The summed E-state index contributed by atoms with van der Waals surface area (Å²) in [6, 6.07) is 0. The molecule has 0 N–H and O–H groups in total. The molecule has 0 bridgehead atoms. The van der Waals surface area contributed by atoms with Gasteiger partial charge >= 0.3 is 0 Å². The fourth-order valence-electron chi connectivity index (χ4n) is 1.22. The molecule has 1 amide bonds. The lowest BCUT2D eigenvalue weighted by Gasteiger charge is -2.24. The Hall–Kier alpha value is -0.0231. The molecule has 1 radical (unpaired) electrons. The fraction of sp³-hybridized carbons (Fsp3) is 0.857. The van der Waals surface area contributed by atoms with Crippen LogP contribution < -0.4 is 0 Å². The smallest absolute Gasteiger partial charge is 0.223 e. The van der Waals surface area contributed by atoms with Crippen molar-refractivity contribution in [1.82, 2.24) is 4.90 Å². The third kappa shape index (κ3) is 1.96. The van der Waals surface area contributed by atoms with Crippen molar-refractivity contribution in [3.8, 4) is 0 Å². The maximum atomic E-state index is 11.2. The number of carbonyl (C=O) groups excluding carboxylic acids is 1. The Morgan fingerprint density at radius 1 is 1.64 bits per heavy atom. The number of rotatable bonds is 2. The van der Waals surface area contributed by atoms with E-state index in [0.29, 0.717) is 6.42 Å². The summed E-state index contributed by atoms with van der Waals surface area (Å²) in [6.45, 7) is 5.13. The van der Waals surface area contributed by atoms with Crippen LogP contribution in [0.4, 0.5) is 0 Å². The highest BCUT2D eigenvalue weighted by Crippen LogP contribution is 2.17. The minimum Gasteiger partial charge on any atom is -0.330 e. The first-order valence-corrected chi connectivity index (χ1v) is 6.88. The highest BCUT2D eigenvalue weighted by atomic mass is 35.5. The van der Waals surface area contributed by atoms with Crippen LogP contribution in [0.25, 0.3) is 0 Å². The van der Waals surface area contributed by atoms with Crippen molar-refractivity contribution in [2.75, 3.05) is 6.54 Å². The van der Waals surface area contributed by atoms with E-state index in [1.54, 1.807) is 0 Å². The Bertz CT molecular complexity index is 163. The molecule has 4 heteroatoms. The van der Waals surface area contributed by atoms with Gasteiger partial charge in [0.25, 0.3) is 0 Å². The zero-order valence-electron chi connectivity index (χ0n) is 6.93. The third-order valence-electron chi connectivity index (χ3n) is 1.86. The molecule has 0 aromatic carbocycles. The van der Waals surface area contributed by atoms with Gasteiger partial charge in [-0.15, -0.1) is 11.6 Å². The van der Waals surface area contributed by atoms with Crippen molar-refractivity contribution in [1.29, 1.82) is 0 Å². The van der Waals surface area contributed by atoms with Gasteiger partial charge in [-0.1, -0.05) is 13.1 Å². The van der Waals surface area contributed by atoms with E-state index in [0.717, 1.165) is 13.0 Å². The van der Waals surface area contributed by atoms with E-state index in [1.165, 1.54) is 0 Å². The summed E-state index contributed by atoms with van der Waals surface area (Å²) in [5.74, 6) is 0.233. The van der Waals surface area contributed by atoms with Gasteiger partial charge in [0.15, 0.2) is 0 Å². The van der Waals surface area contributed by atoms with Crippen LogP contribution in [0.5, 0.6) is 0 Å². The highest BCUT2D eigenvalue weighted by molar-refractivity contribution is 6.67. The van der Waals surface area contributed by atoms with Crippen LogP contribution in [-0.4, -0.2) is 31.3 Å². The summed E-state index contributed by atoms with van der Waals surface area (Å²) in [5, 5.41) is -0.00463. The minimum absolute atomic E-state index is 0.00463. The number of likely N-dealkylation sites (tertiary alicyclic amines) is 1. The molecule has 0 aliphatic carbocycles. The summed E-state index contributed by atoms with van der Waals surface area (Å²) < 4.78 is 0. The van der Waals surface area contributed by atoms with Gasteiger partial charge in [0.05, 0.1) is 13.9 Å². The first kappa shape index (κ1) is 9.07. The number of halogens is 1. The second-order valence-corrected chi connectivity index (χ2v) is 6.58. The molecule has 1 aliphatic heterocycles. The molecule has 0 aromatic rings. The molecule has 1 heterocycles. The summed E-state index contributed by atoms with van der Waals surface area (Å²) in [5.41, 5.74) is 0. The van der Waals surface area contributed by atoms with Gasteiger partial charge in [-0.3, -0.25) is 4.79 Å². The SMILES string of the molecule is C[Si](C)C(Cl)N1CCCC1=O. The average molecular weight is 191 g/mol. The van der Waals surface area contributed by atoms with Crippen molar-refractivity contribution in [3.05, 3.63) is 0 Å². The quantitative estimate of drug-likeness (QED) is 0.367. The summed E-state index contributed by atoms with van der Waals surface area (Å²) in [6.07, 6.45) is 1.68. The van der Waals surface area contributed by atoms with Crippen molar-refractivity contribution in [3.63, 3.8) is 0 Å². The monoisotopic (exact) mass is 190 g/mol. The lowest BCUT2D eigenvalue weighted by atomic mass is 10.4. The predicted octanol–water partition coefficient (Wildman–Crippen LogP) is 1.47. The van der Waals surface area contributed by atoms with E-state index in [-0.39, 0.29) is 11.0 Å². The zero-order valence-corrected chi connectivity index (χ0v) is 8.69. The first-order chi connectivity index (χ1) is 5.13. The van der Waals surface area contributed by atoms with Gasteiger partial charge in [-0.2, -0.15) is 0 Å². The molecule has 0 saturated carbocycles. The first-order valence-electron chi connectivity index (χ1n) is 3.86. The van der Waals surface area contributed by atoms with E-state index >= 15 is 0 Å². The van der Waals surface area contributed by atoms with Crippen molar-refractivity contribution >= 4 is 26.3 Å². The molecule has 11 heavy (non-hydrogen) atoms. The molecule has 1 unspecified atom stereocenters. The van der Waals surface area contributed by atoms with Gasteiger partial charge in [0.1, 0.15) is 0 Å². The van der Waals surface area contributed by atoms with Crippen LogP contribution in [0.1, 0.15) is 12.8 Å². The molecule has 1 rings (SSSR count). The number of hydrogen-bond acceptors (Lipinski definition) is 1. The molecule has 63 valence electrons. The van der Waals surface area contributed by atoms with Crippen LogP contribution in [0, 0.1) is 0 Å². The normalized spacial score (nSPS) is 21.5. The van der Waals surface area contributed by atoms with Crippen LogP contribution in [-0.2, 0) is 4.79 Å². The average Bonchev–Trinajstić information content (AvgIpc) is 2.33. The van der Waals surface area contributed by atoms with Crippen LogP contribution in [0.15, 0.2) is 0 Å². The van der Waals surface area contributed by atoms with Gasteiger partial charge in [-0.25, -0.2) is 0 Å². The van der Waals surface area contributed by atoms with E-state index in [2.05, 4.69) is 13.1 Å². The van der Waals surface area contributed by atoms with E-state index < -0.39 is 8.80 Å². The van der Waals surface area contributed by atoms with Crippen LogP contribution in [0.3, 0.4) is 0 Å². The molecule has 1 atom stereocenters. The van der Waals surface area contributed by atoms with Gasteiger partial charge < -0.3 is 4.90 Å². The zero-order chi connectivity index (χ0) is 8.43. The molecule has 1 aliphatic rings. The molecule has 0 spiro atoms. The summed E-state index contributed by atoms with van der Waals surface area (Å²) in [7, 11) is -0.557. The number of carbonyl (C=O) groups is 1. The summed E-state index contributed by atoms with van der Waals surface area (Å²) in [4.78, 5) is 13.0. The minimum atomic E-state index is -0.557. The second-order valence-electron chi connectivity index (χ2n) is 3.10. The maximum absolute atomic E-state index is 11.2. The number of nitrogens with zero attached hydrogens (tertiary/aromatic N) is 1. The molecular weight excluding hydrogens is 178 g/mol. The Balaban J connectivity index is 2.52. The largest absolute Gasteiger partial charge is 0.330 e. The van der Waals surface area contributed by atoms with Gasteiger partial charge in [-0.05, 0) is 6.42 Å². The van der Waals surface area contributed by atoms with Crippen molar-refractivity contribution < 1.29 is 4.79 Å². The molecule has 1 saturated heterocycles. The van der Waals surface area contributed by atoms with Gasteiger partial charge in [0, 0.05) is 13.0 Å². The Morgan fingerprint density at radius 2 is 2.27 bits per heavy atom. The molecule has 1 fully saturated rings. The molecule has 2 nitrogen and oxygen atoms in total. The molecule has 0 aromatic heterocycles. The number of hydrogen-bond donors (Lipinski definition) is 0. The van der Waals surface area contributed by atoms with Crippen LogP contribution in [0.2, 0.25) is 13.1 Å². The lowest BCUT2D eigenvalue weighted by molar-refractivity contribution is -0.127. The van der Waals surface area contributed by atoms with E-state index in [1.807, 2.05) is 4.90 Å². The molecular formula is C7H13ClNOSi. The van der Waals surface area contributed by atoms with Crippen LogP contribution >= 0.6 is 11.6 Å². The highest BCUT2D eigenvalue weighted by Gasteiger charge is 2.28. The van der Waals surface area contributed by atoms with Gasteiger partial charge in [0.2, 0.25) is 5.91 Å². The standard InChI is InChI=1S/C7H13ClNOSi/c1-11(2)7(8)9-5-3-4-6(9)10/h7H,3-5H2,1-2H3. The number of amides is 1.